The molecule has 90 heavy (non-hydrogen) atoms. The van der Waals surface area contributed by atoms with Crippen LogP contribution in [-0.4, -0.2) is 138 Å². The van der Waals surface area contributed by atoms with Gasteiger partial charge in [0.2, 0.25) is 24.1 Å². The zero-order valence-electron chi connectivity index (χ0n) is 53.1. The van der Waals surface area contributed by atoms with E-state index in [0.717, 1.165) is 22.3 Å². The smallest absolute Gasteiger partial charge is 0.407 e. The van der Waals surface area contributed by atoms with Gasteiger partial charge >= 0.3 is 18.2 Å². The number of amides is 3. The van der Waals surface area contributed by atoms with E-state index >= 15 is 0 Å². The summed E-state index contributed by atoms with van der Waals surface area (Å²) in [5.41, 5.74) is 11.6. The fourth-order valence-corrected chi connectivity index (χ4v) is 12.4. The molecule has 2 aliphatic rings. The number of carbonyl (C=O) groups excluding carboxylic acids is 5. The van der Waals surface area contributed by atoms with Crippen molar-refractivity contribution in [3.63, 3.8) is 0 Å². The molecule has 3 N–H and O–H groups in total. The minimum Gasteiger partial charge on any atom is -0.462 e. The largest absolute Gasteiger partial charge is 0.462 e. The molecule has 4 aromatic heterocycles. The first-order chi connectivity index (χ1) is 43.3. The fourth-order valence-electron chi connectivity index (χ4n) is 12.4. The van der Waals surface area contributed by atoms with E-state index in [4.69, 9.17) is 57.1 Å². The molecule has 0 saturated carbocycles. The van der Waals surface area contributed by atoms with Crippen molar-refractivity contribution in [2.75, 3.05) is 42.1 Å². The molecule has 1 aliphatic carbocycles. The Hall–Kier alpha value is -8.32. The van der Waals surface area contributed by atoms with Crippen LogP contribution in [0.4, 0.5) is 9.59 Å². The van der Waals surface area contributed by atoms with Crippen molar-refractivity contribution < 1.29 is 70.4 Å². The third-order valence-electron chi connectivity index (χ3n) is 17.5. The van der Waals surface area contributed by atoms with E-state index in [9.17, 15) is 24.0 Å². The Morgan fingerprint density at radius 3 is 2.23 bits per heavy atom. The molecule has 6 bridgehead atoms. The first-order valence-electron chi connectivity index (χ1n) is 30.5. The number of primary amides is 1. The van der Waals surface area contributed by atoms with Crippen molar-refractivity contribution in [1.82, 2.24) is 40.2 Å². The third-order valence-corrected chi connectivity index (χ3v) is 17.5. The summed E-state index contributed by atoms with van der Waals surface area (Å²) in [6.07, 6.45) is 9.53. The topological polar surface area (TPSA) is 300 Å². The molecule has 6 aromatic rings. The van der Waals surface area contributed by atoms with Gasteiger partial charge in [0, 0.05) is 84.1 Å². The summed E-state index contributed by atoms with van der Waals surface area (Å²) in [5, 5.41) is 11.9. The van der Waals surface area contributed by atoms with E-state index in [0.29, 0.717) is 48.4 Å². The molecule has 0 fully saturated rings. The molecule has 5 heterocycles. The van der Waals surface area contributed by atoms with E-state index < -0.39 is 78.6 Å². The number of fused-ring (bicyclic) bond motifs is 11. The van der Waals surface area contributed by atoms with Gasteiger partial charge in [-0.1, -0.05) is 107 Å². The second kappa shape index (κ2) is 31.9. The van der Waals surface area contributed by atoms with Gasteiger partial charge in [-0.25, -0.2) is 29.2 Å². The first kappa shape index (κ1) is 67.6. The quantitative estimate of drug-likeness (QED) is 0.0362. The predicted molar refractivity (Wildman–Crippen MR) is 329 cm³/mol. The molecule has 0 radical (unpaired) electrons. The fraction of sp³-hybridized carbons (Fsp3) is 0.515. The molecule has 24 heteroatoms. The third kappa shape index (κ3) is 17.1. The maximum absolute atomic E-state index is 14.5. The van der Waals surface area contributed by atoms with Crippen molar-refractivity contribution in [2.45, 2.75) is 142 Å². The normalized spacial score (nSPS) is 22.9. The summed E-state index contributed by atoms with van der Waals surface area (Å²) >= 11 is 0. The maximum Gasteiger partial charge on any atom is 0.407 e. The number of ether oxygens (including phenoxy) is 7. The number of ketones is 1. The van der Waals surface area contributed by atoms with Crippen LogP contribution in [0.5, 0.6) is 0 Å². The van der Waals surface area contributed by atoms with Gasteiger partial charge in [0.25, 0.3) is 0 Å². The van der Waals surface area contributed by atoms with Crippen LogP contribution in [0.1, 0.15) is 133 Å². The van der Waals surface area contributed by atoms with Crippen LogP contribution in [0, 0.1) is 35.5 Å². The van der Waals surface area contributed by atoms with E-state index in [1.165, 1.54) is 23.7 Å². The molecule has 484 valence electrons. The van der Waals surface area contributed by atoms with Crippen molar-refractivity contribution in [3.8, 4) is 34.3 Å². The lowest BCUT2D eigenvalue weighted by Crippen LogP contribution is -2.39. The lowest BCUT2D eigenvalue weighted by molar-refractivity contribution is -0.160. The number of hydrogen-bond donors (Lipinski definition) is 2. The molecule has 13 atom stereocenters. The average molecular weight is 1240 g/mol. The molecule has 2 unspecified atom stereocenters. The Bertz CT molecular complexity index is 3340. The molecule has 3 amide bonds. The van der Waals surface area contributed by atoms with Gasteiger partial charge in [-0.15, -0.1) is 5.10 Å². The highest BCUT2D eigenvalue weighted by atomic mass is 16.6. The monoisotopic (exact) mass is 1240 g/mol. The highest BCUT2D eigenvalue weighted by Crippen LogP contribution is 2.45. The second-order valence-corrected chi connectivity index (χ2v) is 23.7. The molecule has 8 rings (SSSR count). The number of methoxy groups -OCH3 is 4. The van der Waals surface area contributed by atoms with Gasteiger partial charge in [-0.3, -0.25) is 14.4 Å². The molecule has 1 aliphatic heterocycles. The number of esters is 1. The number of benzene rings is 2. The maximum atomic E-state index is 14.5. The average Bonchev–Trinajstić information content (AvgIpc) is 1.66. The van der Waals surface area contributed by atoms with Crippen LogP contribution in [0.2, 0.25) is 0 Å². The molecule has 24 nitrogen and oxygen atoms in total. The summed E-state index contributed by atoms with van der Waals surface area (Å²) in [6.45, 7) is 11.7. The summed E-state index contributed by atoms with van der Waals surface area (Å²) in [4.78, 5) is 80.9. The van der Waals surface area contributed by atoms with Crippen molar-refractivity contribution in [1.29, 1.82) is 0 Å². The summed E-state index contributed by atoms with van der Waals surface area (Å²) < 4.78 is 61.5. The van der Waals surface area contributed by atoms with E-state index in [1.807, 2.05) is 78.0 Å². The van der Waals surface area contributed by atoms with Crippen molar-refractivity contribution >= 4 is 36.4 Å². The number of rotatable bonds is 22. The minimum absolute atomic E-state index is 0.000822. The Balaban J connectivity index is 1.03. The summed E-state index contributed by atoms with van der Waals surface area (Å²) in [7, 11) is 7.91. The van der Waals surface area contributed by atoms with Crippen LogP contribution in [0.3, 0.4) is 0 Å². The molecular weight excluding hydrogens is 1160 g/mol. The highest BCUT2D eigenvalue weighted by Gasteiger charge is 2.38. The van der Waals surface area contributed by atoms with E-state index in [1.54, 1.807) is 58.6 Å². The Labute approximate surface area is 524 Å². The van der Waals surface area contributed by atoms with Crippen LogP contribution in [-0.2, 0) is 54.1 Å². The Morgan fingerprint density at radius 2 is 1.56 bits per heavy atom. The predicted octanol–water partition coefficient (Wildman–Crippen LogP) is 10.7. The van der Waals surface area contributed by atoms with Gasteiger partial charge in [0.05, 0.1) is 43.5 Å². The molecule has 0 saturated heterocycles. The van der Waals surface area contributed by atoms with Gasteiger partial charge in [0.15, 0.2) is 11.4 Å². The van der Waals surface area contributed by atoms with E-state index in [2.05, 4.69) is 49.9 Å². The Kier molecular flexibility index (Phi) is 24.0. The molecule has 2 aromatic carbocycles. The van der Waals surface area contributed by atoms with Crippen LogP contribution >= 0.6 is 0 Å². The standard InChI is InChI=1S/C66H85N9O15/c1-38-27-45(89-65(67)79)29-60(78)90-58(30-57(82-9)39(2)23-24-55(77)42(5)61(83-10)40(3)25-26-74(7)37-76)43(6)56(81-8)21-16-22-59-69-52(35-85-59)63-71-53(36-87-63)64-70-51(34-86-64)62(84-11)41(4)54(28-38)75-32-44(72-73-75)31-68-66(80)88-33-50-48-19-14-12-17-46(48)47-18-13-15-20-49(47)50/h12-20,22,25-26,32,34-43,45,50,54,56-58,61-62H,21,23-24,27-31,33H2,1-11H3,(H2,67,79)(H,68,80)/b22-16+,26-25+/t38-,39-,40+,41-,42-,43+,45-,54?,56-,57-,58-,61-,62?/m0/s1. The number of aromatic nitrogens is 6. The van der Waals surface area contributed by atoms with Gasteiger partial charge in [0.1, 0.15) is 60.9 Å². The first-order valence-corrected chi connectivity index (χ1v) is 30.5. The molecular formula is C66H85N9O15. The van der Waals surface area contributed by atoms with Gasteiger partial charge < -0.3 is 62.4 Å². The number of alkyl carbamates (subject to hydrolysis) is 1. The number of cyclic esters (lactones) is 1. The lowest BCUT2D eigenvalue weighted by atomic mass is 9.84. The van der Waals surface area contributed by atoms with Gasteiger partial charge in [-0.2, -0.15) is 0 Å². The van der Waals surface area contributed by atoms with Crippen LogP contribution < -0.4 is 11.1 Å². The number of nitrogens with two attached hydrogens (primary N) is 1. The number of oxazole rings is 3. The highest BCUT2D eigenvalue weighted by molar-refractivity contribution is 5.81. The van der Waals surface area contributed by atoms with Crippen LogP contribution in [0.25, 0.3) is 40.4 Å². The zero-order valence-corrected chi connectivity index (χ0v) is 53.1. The number of Topliss-reactive ketones (excluding diaryl/α,β-unsaturated/α-hetero) is 1. The number of nitrogens with zero attached hydrogens (tertiary/aromatic N) is 7. The minimum atomic E-state index is -1.07. The lowest BCUT2D eigenvalue weighted by Gasteiger charge is -2.34. The molecule has 0 spiro atoms. The second-order valence-electron chi connectivity index (χ2n) is 23.7. The zero-order chi connectivity index (χ0) is 64.6. The number of nitrogens with one attached hydrogen (secondary N) is 1. The van der Waals surface area contributed by atoms with Crippen molar-refractivity contribution in [3.05, 3.63) is 120 Å². The summed E-state index contributed by atoms with van der Waals surface area (Å²) in [5.74, 6) is -2.16. The van der Waals surface area contributed by atoms with Gasteiger partial charge in [-0.05, 0) is 65.8 Å². The van der Waals surface area contributed by atoms with E-state index in [-0.39, 0.29) is 86.0 Å². The summed E-state index contributed by atoms with van der Waals surface area (Å²) in [6, 6.07) is 15.7. The Morgan fingerprint density at radius 1 is 0.867 bits per heavy atom. The number of carbonyl (C=O) groups is 5. The van der Waals surface area contributed by atoms with Crippen molar-refractivity contribution in [2.24, 2.45) is 41.2 Å². The SMILES string of the molecule is COC1c2coc(n2)-c2coc(n2)-c2coc(n2)/C=C/C[C@H](OC)[C@@H](C)[C@H](C[C@H](OC)[C@@H](C)CCC(=O)[C@H](C)[C@@H](OC)[C@H](C)/C=C/N(C)C=O)OC(=O)C[C@@H](OC(N)=O)C[C@H](C)CC(n2cc(CNC(=O)OCC3c4ccccc4-c4ccccc43)nn2)[C@@H]1C. The van der Waals surface area contributed by atoms with Crippen LogP contribution in [0.15, 0.2) is 105 Å². The number of hydrogen-bond acceptors (Lipinski definition) is 20.